The van der Waals surface area contributed by atoms with Crippen LogP contribution in [0.15, 0.2) is 0 Å². The molecule has 104 valence electrons. The van der Waals surface area contributed by atoms with E-state index in [-0.39, 0.29) is 16.7 Å². The maximum Gasteiger partial charge on any atom is 0.275 e. The van der Waals surface area contributed by atoms with E-state index in [0.29, 0.717) is 18.5 Å². The summed E-state index contributed by atoms with van der Waals surface area (Å²) < 4.78 is 5.91. The Morgan fingerprint density at radius 2 is 2.00 bits per heavy atom. The smallest absolute Gasteiger partial charge is 0.275 e. The molecule has 1 aliphatic rings. The van der Waals surface area contributed by atoms with Crippen LogP contribution < -0.4 is 15.6 Å². The molecule has 19 heavy (non-hydrogen) atoms. The van der Waals surface area contributed by atoms with Crippen molar-refractivity contribution >= 4 is 5.69 Å². The standard InChI is InChI=1S/C13H19N3O3/c1-7-8(2)13-11(9(3)12(7)16(17)18)5-10(19-13)6-15-14-4/h10,14-15H,5-6H2,1-4H3. The van der Waals surface area contributed by atoms with Crippen molar-refractivity contribution in [2.24, 2.45) is 0 Å². The Kier molecular flexibility index (Phi) is 3.73. The highest BCUT2D eigenvalue weighted by Gasteiger charge is 2.32. The van der Waals surface area contributed by atoms with Gasteiger partial charge in [-0.15, -0.1) is 0 Å². The third-order valence-corrected chi connectivity index (χ3v) is 3.75. The van der Waals surface area contributed by atoms with Crippen LogP contribution in [0.5, 0.6) is 5.75 Å². The molecule has 0 aromatic heterocycles. The molecule has 6 nitrogen and oxygen atoms in total. The van der Waals surface area contributed by atoms with Crippen molar-refractivity contribution in [2.45, 2.75) is 33.3 Å². The minimum absolute atomic E-state index is 0.0151. The van der Waals surface area contributed by atoms with Gasteiger partial charge in [0.05, 0.1) is 4.92 Å². The molecular formula is C13H19N3O3. The molecule has 2 N–H and O–H groups in total. The summed E-state index contributed by atoms with van der Waals surface area (Å²) in [6, 6.07) is 0. The van der Waals surface area contributed by atoms with Gasteiger partial charge in [-0.3, -0.25) is 21.0 Å². The van der Waals surface area contributed by atoms with Crippen LogP contribution >= 0.6 is 0 Å². The molecule has 1 heterocycles. The summed E-state index contributed by atoms with van der Waals surface area (Å²) in [5.41, 5.74) is 9.36. The monoisotopic (exact) mass is 265 g/mol. The highest BCUT2D eigenvalue weighted by atomic mass is 16.6. The number of nitrogens with zero attached hydrogens (tertiary/aromatic N) is 1. The van der Waals surface area contributed by atoms with Crippen molar-refractivity contribution in [1.82, 2.24) is 10.9 Å². The summed E-state index contributed by atoms with van der Waals surface area (Å²) in [6.45, 7) is 6.13. The Balaban J connectivity index is 2.42. The largest absolute Gasteiger partial charge is 0.488 e. The fourth-order valence-electron chi connectivity index (χ4n) is 2.61. The van der Waals surface area contributed by atoms with Gasteiger partial charge in [0, 0.05) is 35.2 Å². The molecule has 1 unspecified atom stereocenters. The molecule has 0 aliphatic carbocycles. The van der Waals surface area contributed by atoms with Crippen molar-refractivity contribution in [3.63, 3.8) is 0 Å². The number of benzene rings is 1. The van der Waals surface area contributed by atoms with Crippen LogP contribution in [-0.2, 0) is 6.42 Å². The van der Waals surface area contributed by atoms with Crippen LogP contribution in [0.3, 0.4) is 0 Å². The van der Waals surface area contributed by atoms with Crippen molar-refractivity contribution in [2.75, 3.05) is 13.6 Å². The number of rotatable bonds is 4. The summed E-state index contributed by atoms with van der Waals surface area (Å²) in [5, 5.41) is 11.2. The zero-order chi connectivity index (χ0) is 14.2. The molecule has 2 rings (SSSR count). The minimum atomic E-state index is -0.295. The van der Waals surface area contributed by atoms with Gasteiger partial charge in [0.15, 0.2) is 0 Å². The first-order valence-electron chi connectivity index (χ1n) is 6.30. The SMILES string of the molecule is CNNCC1Cc2c(C)c([N+](=O)[O-])c(C)c(C)c2O1. The van der Waals surface area contributed by atoms with Crippen LogP contribution in [-0.4, -0.2) is 24.6 Å². The lowest BCUT2D eigenvalue weighted by atomic mass is 9.95. The van der Waals surface area contributed by atoms with Gasteiger partial charge in [-0.05, 0) is 27.8 Å². The number of nitro groups is 1. The second kappa shape index (κ2) is 5.14. The highest BCUT2D eigenvalue weighted by molar-refractivity contribution is 5.62. The normalized spacial score (nSPS) is 17.2. The van der Waals surface area contributed by atoms with Crippen LogP contribution in [0.25, 0.3) is 0 Å². The molecule has 6 heteroatoms. The summed E-state index contributed by atoms with van der Waals surface area (Å²) >= 11 is 0. The average molecular weight is 265 g/mol. The topological polar surface area (TPSA) is 76.4 Å². The van der Waals surface area contributed by atoms with Crippen LogP contribution in [0.2, 0.25) is 0 Å². The van der Waals surface area contributed by atoms with E-state index in [1.54, 1.807) is 20.9 Å². The van der Waals surface area contributed by atoms with Gasteiger partial charge in [-0.1, -0.05) is 0 Å². The predicted octanol–water partition coefficient (Wildman–Crippen LogP) is 1.55. The molecule has 1 aromatic rings. The molecule has 0 amide bonds. The zero-order valence-electron chi connectivity index (χ0n) is 11.7. The summed E-state index contributed by atoms with van der Waals surface area (Å²) in [5.74, 6) is 0.823. The molecule has 1 atom stereocenters. The van der Waals surface area contributed by atoms with E-state index in [2.05, 4.69) is 10.9 Å². The Morgan fingerprint density at radius 1 is 1.32 bits per heavy atom. The van der Waals surface area contributed by atoms with E-state index in [0.717, 1.165) is 22.4 Å². The van der Waals surface area contributed by atoms with Crippen LogP contribution in [0, 0.1) is 30.9 Å². The lowest BCUT2D eigenvalue weighted by Gasteiger charge is -2.13. The Labute approximate surface area is 112 Å². The molecule has 0 fully saturated rings. The van der Waals surface area contributed by atoms with E-state index < -0.39 is 0 Å². The lowest BCUT2D eigenvalue weighted by molar-refractivity contribution is -0.386. The van der Waals surface area contributed by atoms with Gasteiger partial charge in [-0.25, -0.2) is 0 Å². The number of nitro benzene ring substituents is 1. The summed E-state index contributed by atoms with van der Waals surface area (Å²) in [4.78, 5) is 10.9. The van der Waals surface area contributed by atoms with Gasteiger partial charge in [0.2, 0.25) is 0 Å². The molecular weight excluding hydrogens is 246 g/mol. The fraction of sp³-hybridized carbons (Fsp3) is 0.538. The fourth-order valence-corrected chi connectivity index (χ4v) is 2.61. The van der Waals surface area contributed by atoms with Gasteiger partial charge in [0.1, 0.15) is 11.9 Å². The Hall–Kier alpha value is -1.66. The summed E-state index contributed by atoms with van der Waals surface area (Å²) in [7, 11) is 1.80. The van der Waals surface area contributed by atoms with Crippen molar-refractivity contribution in [1.29, 1.82) is 0 Å². The molecule has 0 spiro atoms. The van der Waals surface area contributed by atoms with Crippen molar-refractivity contribution < 1.29 is 9.66 Å². The van der Waals surface area contributed by atoms with Crippen LogP contribution in [0.4, 0.5) is 5.69 Å². The Morgan fingerprint density at radius 3 is 2.58 bits per heavy atom. The molecule has 1 aliphatic heterocycles. The molecule has 0 bridgehead atoms. The van der Waals surface area contributed by atoms with Gasteiger partial charge in [-0.2, -0.15) is 0 Å². The third-order valence-electron chi connectivity index (χ3n) is 3.75. The maximum absolute atomic E-state index is 11.2. The van der Waals surface area contributed by atoms with Crippen LogP contribution in [0.1, 0.15) is 22.3 Å². The second-order valence-corrected chi connectivity index (χ2v) is 4.86. The van der Waals surface area contributed by atoms with E-state index >= 15 is 0 Å². The molecule has 0 saturated carbocycles. The van der Waals surface area contributed by atoms with E-state index in [1.165, 1.54) is 0 Å². The maximum atomic E-state index is 11.2. The minimum Gasteiger partial charge on any atom is -0.488 e. The number of nitrogens with one attached hydrogen (secondary N) is 2. The van der Waals surface area contributed by atoms with E-state index in [9.17, 15) is 10.1 Å². The zero-order valence-corrected chi connectivity index (χ0v) is 11.7. The van der Waals surface area contributed by atoms with Gasteiger partial charge < -0.3 is 4.74 Å². The first-order valence-corrected chi connectivity index (χ1v) is 6.30. The molecule has 1 aromatic carbocycles. The second-order valence-electron chi connectivity index (χ2n) is 4.86. The van der Waals surface area contributed by atoms with E-state index in [1.807, 2.05) is 6.92 Å². The first kappa shape index (κ1) is 13.8. The number of ether oxygens (including phenoxy) is 1. The number of hydrazine groups is 1. The first-order chi connectivity index (χ1) is 8.97. The quantitative estimate of drug-likeness (QED) is 0.638. The lowest BCUT2D eigenvalue weighted by Crippen LogP contribution is -2.37. The van der Waals surface area contributed by atoms with Crippen molar-refractivity contribution in [3.8, 4) is 5.75 Å². The molecule has 0 saturated heterocycles. The number of hydrogen-bond donors (Lipinski definition) is 2. The molecule has 0 radical (unpaired) electrons. The Bertz CT molecular complexity index is 529. The number of hydrogen-bond acceptors (Lipinski definition) is 5. The van der Waals surface area contributed by atoms with Crippen molar-refractivity contribution in [3.05, 3.63) is 32.4 Å². The average Bonchev–Trinajstić information content (AvgIpc) is 2.78. The third kappa shape index (κ3) is 2.29. The van der Waals surface area contributed by atoms with E-state index in [4.69, 9.17) is 4.74 Å². The predicted molar refractivity (Wildman–Crippen MR) is 72.5 cm³/mol. The number of fused-ring (bicyclic) bond motifs is 1. The highest BCUT2D eigenvalue weighted by Crippen LogP contribution is 2.41. The summed E-state index contributed by atoms with van der Waals surface area (Å²) in [6.07, 6.45) is 0.721. The van der Waals surface area contributed by atoms with Gasteiger partial charge >= 0.3 is 0 Å². The van der Waals surface area contributed by atoms with Gasteiger partial charge in [0.25, 0.3) is 5.69 Å².